The molecule has 3 aliphatic carbocycles. The number of nitrogens with one attached hydrogen (secondary N) is 1. The summed E-state index contributed by atoms with van der Waals surface area (Å²) in [6, 6.07) is 8.64. The van der Waals surface area contributed by atoms with Gasteiger partial charge in [-0.3, -0.25) is 9.59 Å². The molecule has 1 amide bonds. The average Bonchev–Trinajstić information content (AvgIpc) is 3.69. The molecule has 1 aromatic carbocycles. The Balaban J connectivity index is 1.41. The van der Waals surface area contributed by atoms with E-state index in [4.69, 9.17) is 5.26 Å². The summed E-state index contributed by atoms with van der Waals surface area (Å²) in [5, 5.41) is 13.2. The molecule has 0 saturated heterocycles. The van der Waals surface area contributed by atoms with E-state index in [0.717, 1.165) is 17.2 Å². The van der Waals surface area contributed by atoms with Crippen LogP contribution in [-0.2, 0) is 9.59 Å². The topological polar surface area (TPSA) is 82.8 Å². The minimum absolute atomic E-state index is 0.0949. The third-order valence-corrected chi connectivity index (χ3v) is 8.60. The van der Waals surface area contributed by atoms with E-state index < -0.39 is 0 Å². The third kappa shape index (κ3) is 5.02. The molecule has 5 rings (SSSR count). The zero-order valence-corrected chi connectivity index (χ0v) is 18.9. The number of thioether (sulfide) groups is 1. The lowest BCUT2D eigenvalue weighted by Crippen LogP contribution is -2.23. The predicted octanol–water partition coefficient (Wildman–Crippen LogP) is 5.63. The van der Waals surface area contributed by atoms with E-state index in [0.29, 0.717) is 41.0 Å². The number of nitrogens with zero attached hydrogens (tertiary/aromatic N) is 2. The van der Waals surface area contributed by atoms with Gasteiger partial charge in [-0.2, -0.15) is 5.26 Å². The van der Waals surface area contributed by atoms with Crippen LogP contribution in [0.3, 0.4) is 0 Å². The van der Waals surface area contributed by atoms with Crippen molar-refractivity contribution in [3.05, 3.63) is 40.4 Å². The summed E-state index contributed by atoms with van der Waals surface area (Å²) < 4.78 is 0. The summed E-state index contributed by atoms with van der Waals surface area (Å²) in [6.45, 7) is 0. The Hall–Kier alpha value is -2.17. The van der Waals surface area contributed by atoms with Crippen LogP contribution in [0.5, 0.6) is 0 Å². The molecule has 3 saturated carbocycles. The molecule has 31 heavy (non-hydrogen) atoms. The van der Waals surface area contributed by atoms with Crippen molar-refractivity contribution in [2.45, 2.75) is 73.3 Å². The number of Topliss-reactive ketones (excluding diaryl/α,β-unsaturated/α-hetero) is 1. The molecule has 0 bridgehead atoms. The number of anilines is 1. The average molecular weight is 452 g/mol. The molecule has 5 nitrogen and oxygen atoms in total. The lowest BCUT2D eigenvalue weighted by molar-refractivity contribution is -0.119. The Bertz CT molecular complexity index is 1050. The highest BCUT2D eigenvalue weighted by Crippen LogP contribution is 2.49. The van der Waals surface area contributed by atoms with Crippen molar-refractivity contribution in [2.75, 3.05) is 5.32 Å². The number of hydrogen-bond acceptors (Lipinski definition) is 6. The Kier molecular flexibility index (Phi) is 5.85. The molecule has 160 valence electrons. The lowest BCUT2D eigenvalue weighted by atomic mass is 9.86. The van der Waals surface area contributed by atoms with E-state index in [2.05, 4.69) is 34.6 Å². The lowest BCUT2D eigenvalue weighted by Gasteiger charge is -2.21. The van der Waals surface area contributed by atoms with Gasteiger partial charge in [-0.25, -0.2) is 4.98 Å². The molecule has 0 spiro atoms. The van der Waals surface area contributed by atoms with Gasteiger partial charge in [0, 0.05) is 23.0 Å². The maximum atomic E-state index is 13.3. The van der Waals surface area contributed by atoms with E-state index in [1.807, 2.05) is 11.8 Å². The second-order valence-corrected chi connectivity index (χ2v) is 11.3. The summed E-state index contributed by atoms with van der Waals surface area (Å²) in [7, 11) is 0. The Morgan fingerprint density at radius 3 is 2.77 bits per heavy atom. The second-order valence-electron chi connectivity index (χ2n) is 8.96. The zero-order chi connectivity index (χ0) is 21.4. The SMILES string of the molecule is N#Cc1cnc(NC(=O)[C@H](C[C@H]2CCC(=O)C2)c2ccc(SC3CC3)c(C3CC3)c2)s1. The number of carbonyl (C=O) groups is 2. The normalized spacial score (nSPS) is 21.6. The number of aromatic nitrogens is 1. The minimum atomic E-state index is -0.317. The van der Waals surface area contributed by atoms with Crippen molar-refractivity contribution in [3.63, 3.8) is 0 Å². The number of hydrogen-bond donors (Lipinski definition) is 1. The molecule has 2 atom stereocenters. The van der Waals surface area contributed by atoms with Crippen molar-refractivity contribution in [1.82, 2.24) is 4.98 Å². The number of carbonyl (C=O) groups excluding carboxylic acids is 2. The smallest absolute Gasteiger partial charge is 0.233 e. The predicted molar refractivity (Wildman–Crippen MR) is 122 cm³/mol. The van der Waals surface area contributed by atoms with Gasteiger partial charge in [0.15, 0.2) is 5.13 Å². The molecule has 1 aromatic heterocycles. The Morgan fingerprint density at radius 2 is 2.13 bits per heavy atom. The van der Waals surface area contributed by atoms with Crippen LogP contribution < -0.4 is 5.32 Å². The van der Waals surface area contributed by atoms with Crippen molar-refractivity contribution in [3.8, 4) is 6.07 Å². The first kappa shape index (κ1) is 20.7. The van der Waals surface area contributed by atoms with Crippen LogP contribution in [0, 0.1) is 17.2 Å². The van der Waals surface area contributed by atoms with Gasteiger partial charge in [-0.05, 0) is 67.6 Å². The highest BCUT2D eigenvalue weighted by Gasteiger charge is 2.33. The number of ketones is 1. The monoisotopic (exact) mass is 451 g/mol. The number of rotatable bonds is 8. The van der Waals surface area contributed by atoms with Crippen LogP contribution in [0.1, 0.15) is 79.2 Å². The molecule has 0 aliphatic heterocycles. The molecule has 0 unspecified atom stereocenters. The summed E-state index contributed by atoms with van der Waals surface area (Å²) in [5.74, 6) is 0.761. The minimum Gasteiger partial charge on any atom is -0.301 e. The molecule has 3 aliphatic rings. The van der Waals surface area contributed by atoms with Crippen LogP contribution in [0.15, 0.2) is 29.3 Å². The van der Waals surface area contributed by atoms with Crippen LogP contribution >= 0.6 is 23.1 Å². The van der Waals surface area contributed by atoms with Crippen molar-refractivity contribution in [1.29, 1.82) is 5.26 Å². The van der Waals surface area contributed by atoms with Crippen molar-refractivity contribution < 1.29 is 9.59 Å². The maximum Gasteiger partial charge on any atom is 0.233 e. The van der Waals surface area contributed by atoms with E-state index in [-0.39, 0.29) is 17.7 Å². The maximum absolute atomic E-state index is 13.3. The van der Waals surface area contributed by atoms with E-state index >= 15 is 0 Å². The molecule has 1 heterocycles. The molecular formula is C24H25N3O2S2. The van der Waals surface area contributed by atoms with Crippen LogP contribution in [0.25, 0.3) is 0 Å². The first-order valence-corrected chi connectivity index (χ1v) is 12.8. The second kappa shape index (κ2) is 8.76. The molecular weight excluding hydrogens is 426 g/mol. The van der Waals surface area contributed by atoms with Gasteiger partial charge in [0.25, 0.3) is 0 Å². The first-order valence-electron chi connectivity index (χ1n) is 11.1. The zero-order valence-electron chi connectivity index (χ0n) is 17.3. The van der Waals surface area contributed by atoms with Crippen LogP contribution in [0.4, 0.5) is 5.13 Å². The number of thiazole rings is 1. The van der Waals surface area contributed by atoms with Gasteiger partial charge in [0.05, 0.1) is 12.1 Å². The van der Waals surface area contributed by atoms with Gasteiger partial charge in [0.1, 0.15) is 16.7 Å². The van der Waals surface area contributed by atoms with E-state index in [9.17, 15) is 9.59 Å². The van der Waals surface area contributed by atoms with Gasteiger partial charge in [-0.15, -0.1) is 11.8 Å². The largest absolute Gasteiger partial charge is 0.301 e. The van der Waals surface area contributed by atoms with Crippen LogP contribution in [0.2, 0.25) is 0 Å². The summed E-state index contributed by atoms with van der Waals surface area (Å²) >= 11 is 3.18. The molecule has 7 heteroatoms. The van der Waals surface area contributed by atoms with E-state index in [1.54, 1.807) is 0 Å². The van der Waals surface area contributed by atoms with Gasteiger partial charge < -0.3 is 5.32 Å². The van der Waals surface area contributed by atoms with Crippen molar-refractivity contribution in [2.24, 2.45) is 5.92 Å². The quantitative estimate of drug-likeness (QED) is 0.562. The summed E-state index contributed by atoms with van der Waals surface area (Å²) in [6.07, 6.45) is 9.28. The highest BCUT2D eigenvalue weighted by molar-refractivity contribution is 8.00. The first-order chi connectivity index (χ1) is 15.1. The highest BCUT2D eigenvalue weighted by atomic mass is 32.2. The standard InChI is InChI=1S/C24H25N3O2S2/c25-12-19-13-26-24(31-19)27-23(29)21(10-14-1-5-17(28)9-14)16-4-8-22(30-18-6-7-18)20(11-16)15-2-3-15/h4,8,11,13-15,18,21H,1-3,5-7,9-10H2,(H,26,27,29)/t14-,21+/m0/s1. The molecule has 0 radical (unpaired) electrons. The molecule has 3 fully saturated rings. The fraction of sp³-hybridized carbons (Fsp3) is 0.500. The Labute approximate surface area is 190 Å². The number of nitriles is 1. The Morgan fingerprint density at radius 1 is 1.29 bits per heavy atom. The third-order valence-electron chi connectivity index (χ3n) is 6.35. The van der Waals surface area contributed by atoms with Gasteiger partial charge in [-0.1, -0.05) is 23.5 Å². The van der Waals surface area contributed by atoms with Crippen LogP contribution in [-0.4, -0.2) is 21.9 Å². The van der Waals surface area contributed by atoms with Gasteiger partial charge in [0.2, 0.25) is 5.91 Å². The molecule has 1 N–H and O–H groups in total. The summed E-state index contributed by atoms with van der Waals surface area (Å²) in [5.41, 5.74) is 2.44. The summed E-state index contributed by atoms with van der Waals surface area (Å²) in [4.78, 5) is 31.2. The van der Waals surface area contributed by atoms with Crippen molar-refractivity contribution >= 4 is 39.9 Å². The van der Waals surface area contributed by atoms with Gasteiger partial charge >= 0.3 is 0 Å². The van der Waals surface area contributed by atoms with E-state index in [1.165, 1.54) is 53.7 Å². The fourth-order valence-electron chi connectivity index (χ4n) is 4.37. The number of amides is 1. The molecule has 2 aromatic rings. The fourth-order valence-corrected chi connectivity index (χ4v) is 6.22. The number of benzene rings is 1.